The summed E-state index contributed by atoms with van der Waals surface area (Å²) in [6.45, 7) is 11.8. The fourth-order valence-corrected chi connectivity index (χ4v) is 5.83. The van der Waals surface area contributed by atoms with Crippen LogP contribution in [0.25, 0.3) is 33.2 Å². The second-order valence-corrected chi connectivity index (χ2v) is 10.3. The Morgan fingerprint density at radius 1 is 1.06 bits per heavy atom. The lowest BCUT2D eigenvalue weighted by Gasteiger charge is -2.32. The topological polar surface area (TPSA) is 89.3 Å². The van der Waals surface area contributed by atoms with Crippen molar-refractivity contribution in [3.05, 3.63) is 65.0 Å². The van der Waals surface area contributed by atoms with Crippen LogP contribution in [0.1, 0.15) is 66.9 Å². The van der Waals surface area contributed by atoms with Gasteiger partial charge in [-0.3, -0.25) is 10.00 Å². The molecule has 7 heteroatoms. The molecule has 180 valence electrons. The average Bonchev–Trinajstić information content (AvgIpc) is 3.56. The monoisotopic (exact) mass is 467 g/mol. The van der Waals surface area contributed by atoms with Crippen LogP contribution in [-0.4, -0.2) is 48.1 Å². The van der Waals surface area contributed by atoms with Crippen LogP contribution in [0, 0.1) is 13.8 Å². The Bertz CT molecular complexity index is 1490. The summed E-state index contributed by atoms with van der Waals surface area (Å²) < 4.78 is 0. The van der Waals surface area contributed by atoms with E-state index in [-0.39, 0.29) is 0 Å². The molecule has 3 N–H and O–H groups in total. The molecule has 0 aliphatic carbocycles. The summed E-state index contributed by atoms with van der Waals surface area (Å²) >= 11 is 0. The van der Waals surface area contributed by atoms with Crippen molar-refractivity contribution in [2.24, 2.45) is 0 Å². The van der Waals surface area contributed by atoms with E-state index >= 15 is 0 Å². The number of hydrogen-bond donors (Lipinski definition) is 3. The van der Waals surface area contributed by atoms with Gasteiger partial charge in [-0.25, -0.2) is 9.97 Å². The van der Waals surface area contributed by atoms with Crippen molar-refractivity contribution in [1.29, 1.82) is 0 Å². The maximum atomic E-state index is 4.48. The van der Waals surface area contributed by atoms with Crippen molar-refractivity contribution in [2.75, 3.05) is 13.1 Å². The summed E-state index contributed by atoms with van der Waals surface area (Å²) in [6.07, 6.45) is 6.21. The summed E-state index contributed by atoms with van der Waals surface area (Å²) in [5.41, 5.74) is 9.43. The second-order valence-electron chi connectivity index (χ2n) is 10.3. The molecule has 0 saturated carbocycles. The van der Waals surface area contributed by atoms with Crippen LogP contribution in [0.2, 0.25) is 0 Å². The lowest BCUT2D eigenvalue weighted by molar-refractivity contribution is 0.203. The number of benzene rings is 1. The summed E-state index contributed by atoms with van der Waals surface area (Å²) in [5, 5.41) is 9.92. The highest BCUT2D eigenvalue weighted by Gasteiger charge is 2.24. The Labute approximate surface area is 205 Å². The number of rotatable bonds is 5. The van der Waals surface area contributed by atoms with E-state index in [4.69, 9.17) is 0 Å². The number of aromatic amines is 3. The van der Waals surface area contributed by atoms with Gasteiger partial charge in [0.15, 0.2) is 5.65 Å². The van der Waals surface area contributed by atoms with Gasteiger partial charge in [-0.2, -0.15) is 5.10 Å². The molecule has 5 aromatic rings. The molecule has 4 aromatic heterocycles. The van der Waals surface area contributed by atoms with Crippen LogP contribution in [0.3, 0.4) is 0 Å². The Balaban J connectivity index is 1.31. The maximum absolute atomic E-state index is 4.48. The van der Waals surface area contributed by atoms with E-state index in [0.29, 0.717) is 11.8 Å². The number of imidazole rings is 1. The fourth-order valence-electron chi connectivity index (χ4n) is 5.83. The molecule has 0 atom stereocenters. The molecule has 0 bridgehead atoms. The molecule has 1 aliphatic heterocycles. The smallest absolute Gasteiger partial charge is 0.156 e. The molecule has 6 rings (SSSR count). The molecule has 0 unspecified atom stereocenters. The van der Waals surface area contributed by atoms with Crippen molar-refractivity contribution in [3.63, 3.8) is 0 Å². The van der Waals surface area contributed by atoms with Gasteiger partial charge < -0.3 is 9.97 Å². The number of aryl methyl sites for hydroxylation is 2. The van der Waals surface area contributed by atoms with Gasteiger partial charge in [0.1, 0.15) is 5.82 Å². The van der Waals surface area contributed by atoms with E-state index in [0.717, 1.165) is 42.2 Å². The quantitative estimate of drug-likeness (QED) is 0.298. The van der Waals surface area contributed by atoms with Crippen LogP contribution >= 0.6 is 0 Å². The Morgan fingerprint density at radius 2 is 1.89 bits per heavy atom. The predicted molar refractivity (Wildman–Crippen MR) is 141 cm³/mol. The van der Waals surface area contributed by atoms with Crippen LogP contribution in [-0.2, 0) is 6.54 Å². The first-order valence-corrected chi connectivity index (χ1v) is 12.7. The molecular formula is C28H33N7. The zero-order valence-corrected chi connectivity index (χ0v) is 20.9. The van der Waals surface area contributed by atoms with Crippen molar-refractivity contribution in [2.45, 2.75) is 58.9 Å². The molecule has 7 nitrogen and oxygen atoms in total. The molecule has 35 heavy (non-hydrogen) atoms. The molecule has 5 heterocycles. The summed E-state index contributed by atoms with van der Waals surface area (Å²) in [7, 11) is 0. The molecule has 0 radical (unpaired) electrons. The minimum atomic E-state index is 0.393. The van der Waals surface area contributed by atoms with Gasteiger partial charge >= 0.3 is 0 Å². The number of nitrogens with zero attached hydrogens (tertiary/aromatic N) is 4. The van der Waals surface area contributed by atoms with Gasteiger partial charge in [-0.15, -0.1) is 0 Å². The molecule has 1 aromatic carbocycles. The standard InChI is InChI=1S/C28H33N7/c1-16(2)25-23-13-20(19-8-11-35(12-9-19)15-21-14-30-18(4)31-21)5-6-24(23)32-27(25)22-7-10-29-28-26(22)17(3)33-34-28/h5-7,10,13-14,16,19,32H,8-9,11-12,15H2,1-4H3,(H,30,31)(H,29,33,34). The second kappa shape index (κ2) is 8.64. The highest BCUT2D eigenvalue weighted by molar-refractivity contribution is 5.99. The number of aromatic nitrogens is 6. The minimum Gasteiger partial charge on any atom is -0.354 e. The molecule has 1 saturated heterocycles. The van der Waals surface area contributed by atoms with Gasteiger partial charge in [-0.1, -0.05) is 19.9 Å². The molecule has 0 spiro atoms. The molecule has 0 amide bonds. The van der Waals surface area contributed by atoms with Crippen molar-refractivity contribution >= 4 is 21.9 Å². The minimum absolute atomic E-state index is 0.393. The predicted octanol–water partition coefficient (Wildman–Crippen LogP) is 5.95. The third kappa shape index (κ3) is 3.93. The van der Waals surface area contributed by atoms with Crippen LogP contribution in [0.5, 0.6) is 0 Å². The zero-order chi connectivity index (χ0) is 24.1. The van der Waals surface area contributed by atoms with E-state index in [1.165, 1.54) is 51.8 Å². The van der Waals surface area contributed by atoms with Gasteiger partial charge in [0.05, 0.1) is 16.8 Å². The van der Waals surface area contributed by atoms with E-state index in [2.05, 4.69) is 73.1 Å². The fraction of sp³-hybridized carbons (Fsp3) is 0.393. The highest BCUT2D eigenvalue weighted by Crippen LogP contribution is 2.40. The normalized spacial score (nSPS) is 15.7. The van der Waals surface area contributed by atoms with E-state index in [9.17, 15) is 0 Å². The average molecular weight is 468 g/mol. The lowest BCUT2D eigenvalue weighted by atomic mass is 9.87. The van der Waals surface area contributed by atoms with Crippen molar-refractivity contribution in [3.8, 4) is 11.3 Å². The number of fused-ring (bicyclic) bond motifs is 2. The third-order valence-electron chi connectivity index (χ3n) is 7.56. The molecule has 1 fully saturated rings. The Kier molecular flexibility index (Phi) is 5.44. The number of hydrogen-bond acceptors (Lipinski definition) is 4. The van der Waals surface area contributed by atoms with Gasteiger partial charge in [0.2, 0.25) is 0 Å². The first-order valence-electron chi connectivity index (χ1n) is 12.7. The van der Waals surface area contributed by atoms with Crippen LogP contribution in [0.4, 0.5) is 0 Å². The van der Waals surface area contributed by atoms with E-state index < -0.39 is 0 Å². The number of pyridine rings is 1. The molecular weight excluding hydrogens is 434 g/mol. The number of H-pyrrole nitrogens is 3. The summed E-state index contributed by atoms with van der Waals surface area (Å²) in [6, 6.07) is 9.17. The first-order chi connectivity index (χ1) is 17.0. The Hall–Kier alpha value is -3.45. The van der Waals surface area contributed by atoms with Crippen LogP contribution in [0.15, 0.2) is 36.7 Å². The van der Waals surface area contributed by atoms with E-state index in [1.54, 1.807) is 0 Å². The SMILES string of the molecule is Cc1ncc(CN2CCC(c3ccc4[nH]c(-c5ccnc6[nH]nc(C)c56)c(C(C)C)c4c3)CC2)[nH]1. The number of piperidine rings is 1. The largest absolute Gasteiger partial charge is 0.354 e. The molecule has 1 aliphatic rings. The summed E-state index contributed by atoms with van der Waals surface area (Å²) in [5.74, 6) is 1.98. The zero-order valence-electron chi connectivity index (χ0n) is 20.9. The van der Waals surface area contributed by atoms with Gasteiger partial charge in [-0.05, 0) is 80.9 Å². The number of nitrogens with one attached hydrogen (secondary N) is 3. The third-order valence-corrected chi connectivity index (χ3v) is 7.56. The number of likely N-dealkylation sites (tertiary alicyclic amines) is 1. The van der Waals surface area contributed by atoms with Crippen molar-refractivity contribution < 1.29 is 0 Å². The first kappa shape index (κ1) is 22.0. The van der Waals surface area contributed by atoms with Gasteiger partial charge in [0.25, 0.3) is 0 Å². The highest BCUT2D eigenvalue weighted by atomic mass is 15.1. The summed E-state index contributed by atoms with van der Waals surface area (Å²) in [4.78, 5) is 18.5. The van der Waals surface area contributed by atoms with Crippen LogP contribution < -0.4 is 0 Å². The van der Waals surface area contributed by atoms with E-state index in [1.807, 2.05) is 26.2 Å². The lowest BCUT2D eigenvalue weighted by Crippen LogP contribution is -2.32. The maximum Gasteiger partial charge on any atom is 0.156 e. The van der Waals surface area contributed by atoms with Crippen molar-refractivity contribution in [1.82, 2.24) is 35.0 Å². The van der Waals surface area contributed by atoms with Gasteiger partial charge in [0, 0.05) is 41.1 Å². The Morgan fingerprint density at radius 3 is 2.63 bits per heavy atom.